The lowest BCUT2D eigenvalue weighted by atomic mass is 10.0. The number of alkyl halides is 10. The van der Waals surface area contributed by atoms with Crippen LogP contribution in [0.1, 0.15) is 13.8 Å². The van der Waals surface area contributed by atoms with Gasteiger partial charge in [-0.15, -0.1) is 0 Å². The van der Waals surface area contributed by atoms with E-state index in [9.17, 15) is 53.5 Å². The van der Waals surface area contributed by atoms with Crippen LogP contribution in [0.4, 0.5) is 43.9 Å². The van der Waals surface area contributed by atoms with Crippen LogP contribution in [0.3, 0.4) is 0 Å². The Morgan fingerprint density at radius 3 is 1.56 bits per heavy atom. The Labute approximate surface area is 133 Å². The van der Waals surface area contributed by atoms with Gasteiger partial charge in [0.05, 0.1) is 6.04 Å². The predicted molar refractivity (Wildman–Crippen MR) is 59.7 cm³/mol. The Hall–Kier alpha value is -1.76. The number of hydrogen-bond acceptors (Lipinski definition) is 3. The van der Waals surface area contributed by atoms with Crippen LogP contribution in [0, 0.1) is 5.92 Å². The lowest BCUT2D eigenvalue weighted by Gasteiger charge is -2.26. The molecule has 0 spiro atoms. The van der Waals surface area contributed by atoms with Crippen LogP contribution in [-0.2, 0) is 14.3 Å². The van der Waals surface area contributed by atoms with E-state index in [0.29, 0.717) is 0 Å². The van der Waals surface area contributed by atoms with Crippen molar-refractivity contribution in [3.8, 4) is 0 Å². The maximum atomic E-state index is 12.8. The maximum absolute atomic E-state index is 12.8. The fourth-order valence-corrected chi connectivity index (χ4v) is 1.16. The van der Waals surface area contributed by atoms with Crippen LogP contribution < -0.4 is 5.32 Å². The summed E-state index contributed by atoms with van der Waals surface area (Å²) < 4.78 is 126. The van der Waals surface area contributed by atoms with Gasteiger partial charge in [-0.25, -0.2) is 4.79 Å². The van der Waals surface area contributed by atoms with Crippen LogP contribution >= 0.6 is 0 Å². The largest absolute Gasteiger partial charge is 0.465 e. The quantitative estimate of drug-likeness (QED) is 0.556. The molecule has 1 atom stereocenters. The lowest BCUT2D eigenvalue weighted by molar-refractivity contribution is -0.281. The summed E-state index contributed by atoms with van der Waals surface area (Å²) in [5.74, 6) is -18.8. The van der Waals surface area contributed by atoms with Crippen LogP contribution in [0.25, 0.3) is 0 Å². The summed E-state index contributed by atoms with van der Waals surface area (Å²) in [4.78, 5) is 21.7. The third-order valence-electron chi connectivity index (χ3n) is 2.77. The number of rotatable bonds is 6. The van der Waals surface area contributed by atoms with E-state index >= 15 is 0 Å². The summed E-state index contributed by atoms with van der Waals surface area (Å²) in [7, 11) is 0. The summed E-state index contributed by atoms with van der Waals surface area (Å²) in [5, 5.41) is 1.10. The number of carbonyl (C=O) groups is 2. The summed E-state index contributed by atoms with van der Waals surface area (Å²) in [6.45, 7) is 0.695. The van der Waals surface area contributed by atoms with Gasteiger partial charge in [-0.2, -0.15) is 43.9 Å². The normalized spacial score (nSPS) is 15.1. The predicted octanol–water partition coefficient (Wildman–Crippen LogP) is 3.07. The molecule has 0 saturated heterocycles. The molecule has 0 heterocycles. The molecule has 0 aliphatic carbocycles. The molecule has 14 heteroatoms. The number of carbonyl (C=O) groups excluding carboxylic acids is 2. The van der Waals surface area contributed by atoms with Gasteiger partial charge in [-0.1, -0.05) is 13.8 Å². The van der Waals surface area contributed by atoms with Gasteiger partial charge in [0.1, 0.15) is 6.61 Å². The fourth-order valence-electron chi connectivity index (χ4n) is 1.16. The molecule has 4 nitrogen and oxygen atoms in total. The molecule has 0 aromatic rings. The Morgan fingerprint density at radius 1 is 0.840 bits per heavy atom. The molecule has 1 N–H and O–H groups in total. The van der Waals surface area contributed by atoms with E-state index < -0.39 is 54.6 Å². The van der Waals surface area contributed by atoms with Crippen molar-refractivity contribution in [2.24, 2.45) is 5.92 Å². The molecule has 0 aromatic carbocycles. The van der Waals surface area contributed by atoms with Crippen molar-refractivity contribution in [3.63, 3.8) is 0 Å². The minimum Gasteiger partial charge on any atom is -0.459 e. The van der Waals surface area contributed by atoms with E-state index in [1.807, 2.05) is 0 Å². The van der Waals surface area contributed by atoms with Gasteiger partial charge < -0.3 is 10.1 Å². The Bertz CT molecular complexity index is 497. The second-order valence-electron chi connectivity index (χ2n) is 5.07. The molecule has 148 valence electrons. The van der Waals surface area contributed by atoms with Crippen molar-refractivity contribution >= 4 is 11.9 Å². The van der Waals surface area contributed by atoms with Crippen molar-refractivity contribution in [2.75, 3.05) is 6.61 Å². The van der Waals surface area contributed by atoms with E-state index in [0.717, 1.165) is 19.2 Å². The number of amides is 1. The topological polar surface area (TPSA) is 55.4 Å². The lowest BCUT2D eigenvalue weighted by Crippen LogP contribution is -2.55. The van der Waals surface area contributed by atoms with Gasteiger partial charge in [0, 0.05) is 0 Å². The van der Waals surface area contributed by atoms with Gasteiger partial charge in [-0.05, 0) is 5.92 Å². The van der Waals surface area contributed by atoms with E-state index in [1.54, 1.807) is 0 Å². The zero-order valence-electron chi connectivity index (χ0n) is 12.4. The zero-order valence-corrected chi connectivity index (χ0v) is 12.4. The first-order chi connectivity index (χ1) is 10.9. The summed E-state index contributed by atoms with van der Waals surface area (Å²) in [6, 6.07) is -1.88. The van der Waals surface area contributed by atoms with Crippen molar-refractivity contribution in [2.45, 2.75) is 44.1 Å². The molecular weight excluding hydrogens is 384 g/mol. The number of hydrogen-bond donors (Lipinski definition) is 1. The van der Waals surface area contributed by atoms with Crippen molar-refractivity contribution in [3.05, 3.63) is 0 Å². The second kappa shape index (κ2) is 7.23. The highest BCUT2D eigenvalue weighted by Gasteiger charge is 2.65. The minimum atomic E-state index is -6.30. The smallest absolute Gasteiger partial charge is 0.459 e. The highest BCUT2D eigenvalue weighted by atomic mass is 19.4. The molecule has 1 amide bonds. The van der Waals surface area contributed by atoms with Crippen LogP contribution in [0.2, 0.25) is 0 Å². The van der Waals surface area contributed by atoms with Crippen molar-refractivity contribution in [1.29, 1.82) is 0 Å². The van der Waals surface area contributed by atoms with Gasteiger partial charge in [0.2, 0.25) is 0 Å². The average Bonchev–Trinajstić information content (AvgIpc) is 2.39. The summed E-state index contributed by atoms with van der Waals surface area (Å²) in [5.41, 5.74) is 0. The monoisotopic (exact) mass is 395 g/mol. The summed E-state index contributed by atoms with van der Waals surface area (Å²) >= 11 is 0. The Balaban J connectivity index is 5.08. The van der Waals surface area contributed by atoms with Crippen LogP contribution in [0.15, 0.2) is 0 Å². The van der Waals surface area contributed by atoms with Gasteiger partial charge in [0.15, 0.2) is 0 Å². The Kier molecular flexibility index (Phi) is 6.73. The summed E-state index contributed by atoms with van der Waals surface area (Å²) in [6.07, 6.45) is -12.6. The molecule has 0 saturated carbocycles. The molecule has 0 unspecified atom stereocenters. The molecule has 0 bridgehead atoms. The minimum absolute atomic E-state index is 1.06. The van der Waals surface area contributed by atoms with Gasteiger partial charge >= 0.3 is 36.1 Å². The molecule has 0 aromatic heterocycles. The van der Waals surface area contributed by atoms with Crippen molar-refractivity contribution < 1.29 is 58.2 Å². The molecule has 0 fully saturated rings. The molecule has 25 heavy (non-hydrogen) atoms. The first-order valence-corrected chi connectivity index (χ1v) is 6.23. The molecule has 0 aliphatic rings. The van der Waals surface area contributed by atoms with Gasteiger partial charge in [0.25, 0.3) is 0 Å². The third-order valence-corrected chi connectivity index (χ3v) is 2.77. The Morgan fingerprint density at radius 2 is 1.24 bits per heavy atom. The standard InChI is InChI=1S/C11H11F10NO3/c1-4(2)5(22-6(23)8(12,13)10(16,17)18)3-25-7(24)9(14,15)11(19,20)21/h4-5H,3H2,1-2H3,(H,22,23)/t5-/m1/s1. The third kappa shape index (κ3) is 5.36. The van der Waals surface area contributed by atoms with E-state index in [2.05, 4.69) is 4.74 Å². The molecule has 0 rings (SSSR count). The van der Waals surface area contributed by atoms with Crippen molar-refractivity contribution in [1.82, 2.24) is 5.32 Å². The van der Waals surface area contributed by atoms with E-state index in [4.69, 9.17) is 0 Å². The van der Waals surface area contributed by atoms with Gasteiger partial charge in [-0.3, -0.25) is 4.79 Å². The first kappa shape index (κ1) is 23.2. The van der Waals surface area contributed by atoms with E-state index in [1.165, 1.54) is 0 Å². The van der Waals surface area contributed by atoms with E-state index in [-0.39, 0.29) is 0 Å². The number of nitrogens with one attached hydrogen (secondary N) is 1. The first-order valence-electron chi connectivity index (χ1n) is 6.23. The number of ether oxygens (including phenoxy) is 1. The molecule has 0 radical (unpaired) electrons. The second-order valence-corrected chi connectivity index (χ2v) is 5.07. The molecule has 0 aliphatic heterocycles. The maximum Gasteiger partial charge on any atom is 0.465 e. The zero-order chi connectivity index (χ0) is 20.4. The van der Waals surface area contributed by atoms with Crippen LogP contribution in [0.5, 0.6) is 0 Å². The number of halogens is 10. The molecular formula is C11H11F10NO3. The van der Waals surface area contributed by atoms with Crippen LogP contribution in [-0.4, -0.2) is 48.7 Å². The highest BCUT2D eigenvalue weighted by Crippen LogP contribution is 2.37. The highest BCUT2D eigenvalue weighted by molar-refractivity contribution is 5.84. The average molecular weight is 395 g/mol. The number of esters is 1. The SMILES string of the molecule is CC(C)[C@@H](COC(=O)C(F)(F)C(F)(F)F)NC(=O)C(F)(F)C(F)(F)F. The fraction of sp³-hybridized carbons (Fsp3) is 0.818.